The van der Waals surface area contributed by atoms with E-state index in [1.54, 1.807) is 12.1 Å². The number of carbonyl (C=O) groups is 1. The number of piperidine rings is 1. The molecule has 3 heteroatoms. The van der Waals surface area contributed by atoms with Gasteiger partial charge in [-0.25, -0.2) is 0 Å². The van der Waals surface area contributed by atoms with Crippen LogP contribution in [-0.2, 0) is 11.3 Å². The lowest BCUT2D eigenvalue weighted by Gasteiger charge is -2.36. The van der Waals surface area contributed by atoms with Gasteiger partial charge in [-0.05, 0) is 28.8 Å². The van der Waals surface area contributed by atoms with E-state index in [1.807, 2.05) is 48.5 Å². The molecule has 3 aromatic rings. The minimum Gasteiger partial charge on any atom is -0.508 e. The third kappa shape index (κ3) is 4.15. The first-order valence-electron chi connectivity index (χ1n) is 9.83. The lowest BCUT2D eigenvalue weighted by Crippen LogP contribution is -2.43. The van der Waals surface area contributed by atoms with Crippen LogP contribution >= 0.6 is 0 Å². The first-order valence-corrected chi connectivity index (χ1v) is 9.83. The number of carbonyl (C=O) groups excluding carboxylic acids is 1. The maximum Gasteiger partial charge on any atom is 0.139 e. The predicted molar refractivity (Wildman–Crippen MR) is 111 cm³/mol. The third-order valence-electron chi connectivity index (χ3n) is 5.58. The number of nitrogens with zero attached hydrogens (tertiary/aromatic N) is 1. The van der Waals surface area contributed by atoms with Gasteiger partial charge in [0.1, 0.15) is 11.5 Å². The monoisotopic (exact) mass is 371 g/mol. The second-order valence-electron chi connectivity index (χ2n) is 7.53. The summed E-state index contributed by atoms with van der Waals surface area (Å²) < 4.78 is 0. The van der Waals surface area contributed by atoms with Gasteiger partial charge in [-0.15, -0.1) is 0 Å². The van der Waals surface area contributed by atoms with E-state index in [4.69, 9.17) is 0 Å². The Kier molecular flexibility index (Phi) is 5.54. The molecule has 0 bridgehead atoms. The average Bonchev–Trinajstić information content (AvgIpc) is 2.72. The van der Waals surface area contributed by atoms with Crippen LogP contribution in [0.1, 0.15) is 29.0 Å². The second-order valence-corrected chi connectivity index (χ2v) is 7.53. The van der Waals surface area contributed by atoms with Gasteiger partial charge >= 0.3 is 0 Å². The Bertz CT molecular complexity index is 884. The summed E-state index contributed by atoms with van der Waals surface area (Å²) in [5.74, 6) is 0.608. The van der Waals surface area contributed by atoms with Crippen LogP contribution < -0.4 is 0 Å². The number of ketones is 1. The fourth-order valence-electron chi connectivity index (χ4n) is 4.25. The topological polar surface area (TPSA) is 40.5 Å². The molecule has 3 nitrogen and oxygen atoms in total. The molecule has 0 amide bonds. The van der Waals surface area contributed by atoms with Gasteiger partial charge in [0.25, 0.3) is 0 Å². The first kappa shape index (κ1) is 18.5. The van der Waals surface area contributed by atoms with E-state index in [0.717, 1.165) is 25.2 Å². The Morgan fingerprint density at radius 1 is 0.893 bits per heavy atom. The van der Waals surface area contributed by atoms with Crippen molar-refractivity contribution < 1.29 is 9.90 Å². The van der Waals surface area contributed by atoms with Crippen molar-refractivity contribution in [1.29, 1.82) is 0 Å². The van der Waals surface area contributed by atoms with Gasteiger partial charge in [-0.3, -0.25) is 9.69 Å². The quantitative estimate of drug-likeness (QED) is 0.712. The van der Waals surface area contributed by atoms with Crippen molar-refractivity contribution in [2.75, 3.05) is 13.1 Å². The normalized spacial score (nSPS) is 17.8. The number of rotatable bonds is 5. The Morgan fingerprint density at radius 3 is 2.14 bits per heavy atom. The minimum atomic E-state index is -0.0733. The number of Topliss-reactive ketones (excluding diaryl/α,β-unsaturated/α-hetero) is 1. The number of aromatic hydroxyl groups is 1. The van der Waals surface area contributed by atoms with Gasteiger partial charge in [-0.2, -0.15) is 0 Å². The Hall–Kier alpha value is -2.91. The summed E-state index contributed by atoms with van der Waals surface area (Å²) in [6, 6.07) is 28.1. The molecule has 1 heterocycles. The molecule has 1 atom stereocenters. The van der Waals surface area contributed by atoms with E-state index in [0.29, 0.717) is 12.2 Å². The molecule has 0 saturated carbocycles. The van der Waals surface area contributed by atoms with Crippen molar-refractivity contribution in [3.05, 3.63) is 102 Å². The van der Waals surface area contributed by atoms with Crippen LogP contribution in [0.4, 0.5) is 0 Å². The van der Waals surface area contributed by atoms with Crippen LogP contribution in [0.2, 0.25) is 0 Å². The molecule has 1 aliphatic heterocycles. The molecule has 1 aliphatic rings. The molecule has 3 aromatic carbocycles. The van der Waals surface area contributed by atoms with Crippen molar-refractivity contribution in [2.45, 2.75) is 18.9 Å². The highest BCUT2D eigenvalue weighted by molar-refractivity contribution is 5.83. The molecule has 0 aliphatic carbocycles. The standard InChI is InChI=1S/C25H25NO2/c27-22-13-7-8-19(16-22)17-26-15-14-24(28)23(18-26)25(20-9-3-1-4-10-20)21-11-5-2-6-12-21/h1-13,16,23,25,27H,14-15,17-18H2. The second kappa shape index (κ2) is 8.41. The van der Waals surface area contributed by atoms with E-state index >= 15 is 0 Å². The number of hydrogen-bond acceptors (Lipinski definition) is 3. The predicted octanol–water partition coefficient (Wildman–Crippen LogP) is 4.62. The Labute approximate surface area is 166 Å². The number of hydrogen-bond donors (Lipinski definition) is 1. The molecule has 0 spiro atoms. The summed E-state index contributed by atoms with van der Waals surface area (Å²) in [6.07, 6.45) is 0.569. The molecule has 28 heavy (non-hydrogen) atoms. The van der Waals surface area contributed by atoms with Crippen LogP contribution in [0.3, 0.4) is 0 Å². The van der Waals surface area contributed by atoms with Gasteiger partial charge in [0, 0.05) is 37.9 Å². The Morgan fingerprint density at radius 2 is 1.54 bits per heavy atom. The van der Waals surface area contributed by atoms with Crippen LogP contribution in [0.15, 0.2) is 84.9 Å². The van der Waals surface area contributed by atoms with E-state index in [-0.39, 0.29) is 17.6 Å². The van der Waals surface area contributed by atoms with Crippen LogP contribution in [-0.4, -0.2) is 28.9 Å². The third-order valence-corrected chi connectivity index (χ3v) is 5.58. The zero-order valence-electron chi connectivity index (χ0n) is 15.9. The van der Waals surface area contributed by atoms with Gasteiger partial charge < -0.3 is 5.11 Å². The molecular formula is C25H25NO2. The summed E-state index contributed by atoms with van der Waals surface area (Å²) in [7, 11) is 0. The molecule has 1 unspecified atom stereocenters. The number of benzene rings is 3. The minimum absolute atomic E-state index is 0.0573. The highest BCUT2D eigenvalue weighted by atomic mass is 16.3. The SMILES string of the molecule is O=C1CCN(Cc2cccc(O)c2)CC1C(c1ccccc1)c1ccccc1. The van der Waals surface area contributed by atoms with Crippen molar-refractivity contribution in [3.8, 4) is 5.75 Å². The fourth-order valence-corrected chi connectivity index (χ4v) is 4.25. The lowest BCUT2D eigenvalue weighted by molar-refractivity contribution is -0.126. The molecule has 1 saturated heterocycles. The summed E-state index contributed by atoms with van der Waals surface area (Å²) in [6.45, 7) is 2.23. The molecule has 0 radical (unpaired) electrons. The largest absolute Gasteiger partial charge is 0.508 e. The Balaban J connectivity index is 1.62. The van der Waals surface area contributed by atoms with Gasteiger partial charge in [0.2, 0.25) is 0 Å². The maximum atomic E-state index is 13.0. The molecule has 4 rings (SSSR count). The van der Waals surface area contributed by atoms with E-state index < -0.39 is 0 Å². The molecular weight excluding hydrogens is 346 g/mol. The number of phenolic OH excluding ortho intramolecular Hbond substituents is 1. The summed E-state index contributed by atoms with van der Waals surface area (Å²) in [4.78, 5) is 15.3. The van der Waals surface area contributed by atoms with Crippen LogP contribution in [0, 0.1) is 5.92 Å². The summed E-state index contributed by atoms with van der Waals surface area (Å²) >= 11 is 0. The molecule has 142 valence electrons. The number of phenols is 1. The molecule has 1 fully saturated rings. The zero-order valence-corrected chi connectivity index (χ0v) is 15.9. The fraction of sp³-hybridized carbons (Fsp3) is 0.240. The van der Waals surface area contributed by atoms with Crippen LogP contribution in [0.5, 0.6) is 5.75 Å². The summed E-state index contributed by atoms with van der Waals surface area (Å²) in [5, 5.41) is 9.75. The van der Waals surface area contributed by atoms with E-state index in [1.165, 1.54) is 11.1 Å². The van der Waals surface area contributed by atoms with Gasteiger partial charge in [0.15, 0.2) is 0 Å². The van der Waals surface area contributed by atoms with Crippen molar-refractivity contribution in [2.24, 2.45) is 5.92 Å². The van der Waals surface area contributed by atoms with E-state index in [9.17, 15) is 9.90 Å². The van der Waals surface area contributed by atoms with Gasteiger partial charge in [0.05, 0.1) is 0 Å². The van der Waals surface area contributed by atoms with Crippen molar-refractivity contribution in [1.82, 2.24) is 4.90 Å². The molecule has 0 aromatic heterocycles. The van der Waals surface area contributed by atoms with Gasteiger partial charge in [-0.1, -0.05) is 72.8 Å². The number of likely N-dealkylation sites (tertiary alicyclic amines) is 1. The first-order chi connectivity index (χ1) is 13.7. The smallest absolute Gasteiger partial charge is 0.139 e. The summed E-state index contributed by atoms with van der Waals surface area (Å²) in [5.41, 5.74) is 3.45. The molecule has 1 N–H and O–H groups in total. The highest BCUT2D eigenvalue weighted by Crippen LogP contribution is 2.36. The lowest BCUT2D eigenvalue weighted by atomic mass is 9.76. The van der Waals surface area contributed by atoms with E-state index in [2.05, 4.69) is 29.2 Å². The highest BCUT2D eigenvalue weighted by Gasteiger charge is 2.35. The zero-order chi connectivity index (χ0) is 19.3. The maximum absolute atomic E-state index is 13.0. The van der Waals surface area contributed by atoms with Crippen molar-refractivity contribution in [3.63, 3.8) is 0 Å². The average molecular weight is 371 g/mol. The van der Waals surface area contributed by atoms with Crippen molar-refractivity contribution >= 4 is 5.78 Å². The van der Waals surface area contributed by atoms with Crippen LogP contribution in [0.25, 0.3) is 0 Å².